The molecule has 1 saturated heterocycles. The average molecular weight is 434 g/mol. The Bertz CT molecular complexity index is 1040. The number of carbonyl (C=O) groups is 1. The zero-order valence-electron chi connectivity index (χ0n) is 16.7. The van der Waals surface area contributed by atoms with Gasteiger partial charge in [0.1, 0.15) is 11.6 Å². The van der Waals surface area contributed by atoms with Gasteiger partial charge in [-0.2, -0.15) is 0 Å². The number of hydrogen-bond donors (Lipinski definition) is 0. The fourth-order valence-electron chi connectivity index (χ4n) is 3.83. The summed E-state index contributed by atoms with van der Waals surface area (Å²) in [5.74, 6) is -0.230. The lowest BCUT2D eigenvalue weighted by molar-refractivity contribution is -0.138. The van der Waals surface area contributed by atoms with E-state index in [2.05, 4.69) is 0 Å². The number of benzene rings is 2. The molecule has 1 atom stereocenters. The molecule has 4 rings (SSSR count). The minimum absolute atomic E-state index is 0.0560. The maximum Gasteiger partial charge on any atom is 0.265 e. The first kappa shape index (κ1) is 20.5. The molecule has 0 N–H and O–H groups in total. The van der Waals surface area contributed by atoms with Crippen LogP contribution in [0.5, 0.6) is 5.75 Å². The van der Waals surface area contributed by atoms with E-state index in [1.54, 1.807) is 54.3 Å². The summed E-state index contributed by atoms with van der Waals surface area (Å²) in [5, 5.41) is 0. The van der Waals surface area contributed by atoms with Gasteiger partial charge >= 0.3 is 0 Å². The van der Waals surface area contributed by atoms with Crippen LogP contribution in [-0.2, 0) is 14.8 Å². The van der Waals surface area contributed by atoms with Crippen molar-refractivity contribution in [1.29, 1.82) is 0 Å². The van der Waals surface area contributed by atoms with E-state index in [4.69, 9.17) is 4.74 Å². The summed E-state index contributed by atoms with van der Waals surface area (Å²) < 4.78 is 46.4. The Morgan fingerprint density at radius 2 is 1.67 bits per heavy atom. The second-order valence-corrected chi connectivity index (χ2v) is 9.45. The van der Waals surface area contributed by atoms with Crippen molar-refractivity contribution in [2.24, 2.45) is 0 Å². The predicted octanol–water partition coefficient (Wildman–Crippen LogP) is 2.09. The molecule has 30 heavy (non-hydrogen) atoms. The number of hydrogen-bond acceptors (Lipinski definition) is 5. The van der Waals surface area contributed by atoms with Crippen LogP contribution in [-0.4, -0.2) is 63.8 Å². The lowest BCUT2D eigenvalue weighted by atomic mass is 10.2. The van der Waals surface area contributed by atoms with Gasteiger partial charge in [0.15, 0.2) is 6.10 Å². The maximum absolute atomic E-state index is 14.0. The van der Waals surface area contributed by atoms with Gasteiger partial charge in [0.2, 0.25) is 10.0 Å². The summed E-state index contributed by atoms with van der Waals surface area (Å²) in [6, 6.07) is 13.4. The number of ether oxygens (including phenoxy) is 1. The smallest absolute Gasteiger partial charge is 0.265 e. The molecule has 2 aromatic rings. The molecule has 1 fully saturated rings. The van der Waals surface area contributed by atoms with Gasteiger partial charge in [0.25, 0.3) is 5.91 Å². The van der Waals surface area contributed by atoms with Gasteiger partial charge in [0.05, 0.1) is 23.7 Å². The van der Waals surface area contributed by atoms with E-state index in [1.165, 1.54) is 10.4 Å². The number of anilines is 2. The third-order valence-electron chi connectivity index (χ3n) is 5.50. The van der Waals surface area contributed by atoms with Crippen LogP contribution in [0.2, 0.25) is 0 Å². The predicted molar refractivity (Wildman–Crippen MR) is 113 cm³/mol. The van der Waals surface area contributed by atoms with Gasteiger partial charge in [-0.3, -0.25) is 9.10 Å². The van der Waals surface area contributed by atoms with E-state index in [1.807, 2.05) is 4.90 Å². The van der Waals surface area contributed by atoms with E-state index in [-0.39, 0.29) is 24.0 Å². The van der Waals surface area contributed by atoms with Crippen LogP contribution >= 0.6 is 0 Å². The van der Waals surface area contributed by atoms with Crippen molar-refractivity contribution in [2.75, 3.05) is 47.7 Å². The highest BCUT2D eigenvalue weighted by Crippen LogP contribution is 2.35. The molecule has 0 aliphatic carbocycles. The van der Waals surface area contributed by atoms with Crippen LogP contribution in [0.4, 0.5) is 15.8 Å². The number of fused-ring (bicyclic) bond motifs is 1. The van der Waals surface area contributed by atoms with E-state index in [0.29, 0.717) is 43.3 Å². The van der Waals surface area contributed by atoms with Crippen molar-refractivity contribution in [3.8, 4) is 5.75 Å². The molecule has 9 heteroatoms. The lowest BCUT2D eigenvalue weighted by Crippen LogP contribution is -2.56. The zero-order chi connectivity index (χ0) is 21.3. The summed E-state index contributed by atoms with van der Waals surface area (Å²) in [6.07, 6.45) is -0.916. The number of piperazine rings is 1. The molecule has 160 valence electrons. The SMILES string of the molecule is CCS(=O)(=O)N1C[C@@H](C(=O)N2CCN(c3ccccc3F)CC2)Oc2ccccc21. The fraction of sp³-hybridized carbons (Fsp3) is 0.381. The highest BCUT2D eigenvalue weighted by Gasteiger charge is 2.38. The minimum Gasteiger partial charge on any atom is -0.476 e. The largest absolute Gasteiger partial charge is 0.476 e. The third kappa shape index (κ3) is 3.81. The van der Waals surface area contributed by atoms with Crippen LogP contribution in [0.15, 0.2) is 48.5 Å². The Kier molecular flexibility index (Phi) is 5.55. The first-order chi connectivity index (χ1) is 14.4. The normalized spacial score (nSPS) is 19.3. The van der Waals surface area contributed by atoms with Crippen molar-refractivity contribution >= 4 is 27.3 Å². The number of nitrogens with zero attached hydrogens (tertiary/aromatic N) is 3. The molecule has 0 aromatic heterocycles. The third-order valence-corrected chi connectivity index (χ3v) is 7.24. The molecule has 2 aliphatic heterocycles. The summed E-state index contributed by atoms with van der Waals surface area (Å²) >= 11 is 0. The first-order valence-corrected chi connectivity index (χ1v) is 11.6. The number of halogens is 1. The van der Waals surface area contributed by atoms with Crippen LogP contribution in [0.3, 0.4) is 0 Å². The Labute approximate surface area is 175 Å². The summed E-state index contributed by atoms with van der Waals surface area (Å²) in [5.41, 5.74) is 0.973. The topological polar surface area (TPSA) is 70.2 Å². The van der Waals surface area contributed by atoms with Gasteiger partial charge in [-0.1, -0.05) is 24.3 Å². The van der Waals surface area contributed by atoms with Crippen LogP contribution < -0.4 is 13.9 Å². The Hall–Kier alpha value is -2.81. The Morgan fingerprint density at radius 3 is 2.33 bits per heavy atom. The molecular weight excluding hydrogens is 409 g/mol. The second kappa shape index (κ2) is 8.14. The summed E-state index contributed by atoms with van der Waals surface area (Å²) in [6.45, 7) is 3.33. The van der Waals surface area contributed by atoms with Gasteiger partial charge in [0, 0.05) is 26.2 Å². The van der Waals surface area contributed by atoms with Gasteiger partial charge in [-0.15, -0.1) is 0 Å². The number of amides is 1. The zero-order valence-corrected chi connectivity index (χ0v) is 17.5. The Morgan fingerprint density at radius 1 is 1.03 bits per heavy atom. The monoisotopic (exact) mass is 433 g/mol. The summed E-state index contributed by atoms with van der Waals surface area (Å²) in [4.78, 5) is 16.7. The van der Waals surface area contributed by atoms with Gasteiger partial charge < -0.3 is 14.5 Å². The van der Waals surface area contributed by atoms with E-state index >= 15 is 0 Å². The lowest BCUT2D eigenvalue weighted by Gasteiger charge is -2.40. The molecule has 0 unspecified atom stereocenters. The minimum atomic E-state index is -3.55. The van der Waals surface area contributed by atoms with Crippen LogP contribution in [0, 0.1) is 5.82 Å². The number of carbonyl (C=O) groups excluding carboxylic acids is 1. The van der Waals surface area contributed by atoms with Gasteiger partial charge in [-0.25, -0.2) is 12.8 Å². The molecule has 2 aromatic carbocycles. The molecule has 7 nitrogen and oxygen atoms in total. The molecule has 0 radical (unpaired) electrons. The molecule has 1 amide bonds. The van der Waals surface area contributed by atoms with Crippen molar-refractivity contribution in [3.63, 3.8) is 0 Å². The van der Waals surface area contributed by atoms with Crippen LogP contribution in [0.25, 0.3) is 0 Å². The standard InChI is InChI=1S/C21H24FN3O4S/c1-2-30(27,28)25-15-20(29-19-10-6-5-9-18(19)25)21(26)24-13-11-23(12-14-24)17-8-4-3-7-16(17)22/h3-10,20H,2,11-15H2,1H3/t20-/m0/s1. The second-order valence-electron chi connectivity index (χ2n) is 7.27. The first-order valence-electron chi connectivity index (χ1n) is 9.95. The average Bonchev–Trinajstić information content (AvgIpc) is 2.78. The van der Waals surface area contributed by atoms with Crippen molar-refractivity contribution < 1.29 is 22.3 Å². The maximum atomic E-state index is 14.0. The Balaban J connectivity index is 1.49. The van der Waals surface area contributed by atoms with E-state index in [9.17, 15) is 17.6 Å². The molecular formula is C21H24FN3O4S. The number of sulfonamides is 1. The van der Waals surface area contributed by atoms with Crippen molar-refractivity contribution in [3.05, 3.63) is 54.3 Å². The highest BCUT2D eigenvalue weighted by molar-refractivity contribution is 7.92. The quantitative estimate of drug-likeness (QED) is 0.739. The van der Waals surface area contributed by atoms with Crippen LogP contribution in [0.1, 0.15) is 6.92 Å². The van der Waals surface area contributed by atoms with Crippen molar-refractivity contribution in [2.45, 2.75) is 13.0 Å². The summed E-state index contributed by atoms with van der Waals surface area (Å²) in [7, 11) is -3.55. The highest BCUT2D eigenvalue weighted by atomic mass is 32.2. The molecule has 0 spiro atoms. The molecule has 2 heterocycles. The van der Waals surface area contributed by atoms with Crippen molar-refractivity contribution in [1.82, 2.24) is 4.90 Å². The fourth-order valence-corrected chi connectivity index (χ4v) is 4.95. The molecule has 0 saturated carbocycles. The number of para-hydroxylation sites is 3. The molecule has 0 bridgehead atoms. The number of rotatable bonds is 4. The van der Waals surface area contributed by atoms with Gasteiger partial charge in [-0.05, 0) is 31.2 Å². The van der Waals surface area contributed by atoms with E-state index in [0.717, 1.165) is 0 Å². The molecule has 2 aliphatic rings. The van der Waals surface area contributed by atoms with E-state index < -0.39 is 16.1 Å².